The quantitative estimate of drug-likeness (QED) is 0.471. The van der Waals surface area contributed by atoms with Gasteiger partial charge in [0, 0.05) is 36.6 Å². The molecule has 7 nitrogen and oxygen atoms in total. The molecule has 1 amide bonds. The molecule has 0 aliphatic carbocycles. The van der Waals surface area contributed by atoms with Crippen molar-refractivity contribution in [2.24, 2.45) is 0 Å². The number of carbonyl (C=O) groups excluding carboxylic acids is 2. The molecular weight excluding hydrogens is 394 g/mol. The molecule has 0 bridgehead atoms. The number of hydrogen-bond donors (Lipinski definition) is 1. The van der Waals surface area contributed by atoms with E-state index in [-0.39, 0.29) is 6.61 Å². The van der Waals surface area contributed by atoms with Crippen LogP contribution in [0.1, 0.15) is 31.6 Å². The highest BCUT2D eigenvalue weighted by molar-refractivity contribution is 5.94. The summed E-state index contributed by atoms with van der Waals surface area (Å²) in [5.41, 5.74) is 3.17. The smallest absolute Gasteiger partial charge is 0.331 e. The highest BCUT2D eigenvalue weighted by atomic mass is 16.5. The zero-order chi connectivity index (χ0) is 21.5. The fourth-order valence-electron chi connectivity index (χ4n) is 3.57. The molecule has 0 spiro atoms. The first kappa shape index (κ1) is 20.7. The highest BCUT2D eigenvalue weighted by Gasteiger charge is 2.11. The van der Waals surface area contributed by atoms with Crippen molar-refractivity contribution in [1.82, 2.24) is 4.98 Å². The Morgan fingerprint density at radius 3 is 2.52 bits per heavy atom. The van der Waals surface area contributed by atoms with E-state index >= 15 is 0 Å². The van der Waals surface area contributed by atoms with Gasteiger partial charge in [-0.1, -0.05) is 25.0 Å². The van der Waals surface area contributed by atoms with Crippen molar-refractivity contribution in [2.45, 2.75) is 25.7 Å². The number of fused-ring (bicyclic) bond motifs is 1. The Morgan fingerprint density at radius 2 is 1.77 bits per heavy atom. The molecule has 1 aliphatic heterocycles. The van der Waals surface area contributed by atoms with Crippen molar-refractivity contribution in [1.29, 1.82) is 0 Å². The molecule has 1 aliphatic rings. The number of para-hydroxylation sites is 2. The molecule has 2 aromatic carbocycles. The predicted molar refractivity (Wildman–Crippen MR) is 120 cm³/mol. The van der Waals surface area contributed by atoms with Crippen molar-refractivity contribution < 1.29 is 18.7 Å². The second-order valence-electron chi connectivity index (χ2n) is 7.46. The van der Waals surface area contributed by atoms with E-state index in [0.29, 0.717) is 22.7 Å². The first-order valence-electron chi connectivity index (χ1n) is 10.5. The van der Waals surface area contributed by atoms with Crippen LogP contribution in [0.3, 0.4) is 0 Å². The zero-order valence-corrected chi connectivity index (χ0v) is 17.3. The number of esters is 1. The fourth-order valence-corrected chi connectivity index (χ4v) is 3.57. The van der Waals surface area contributed by atoms with Gasteiger partial charge in [-0.05, 0) is 49.2 Å². The maximum Gasteiger partial charge on any atom is 0.331 e. The van der Waals surface area contributed by atoms with E-state index in [1.807, 2.05) is 42.5 Å². The molecule has 4 rings (SSSR count). The van der Waals surface area contributed by atoms with Gasteiger partial charge in [0.05, 0.1) is 0 Å². The van der Waals surface area contributed by atoms with Gasteiger partial charge in [0.2, 0.25) is 5.89 Å². The summed E-state index contributed by atoms with van der Waals surface area (Å²) in [5.74, 6) is -0.743. The van der Waals surface area contributed by atoms with Crippen molar-refractivity contribution in [3.8, 4) is 0 Å². The molecule has 1 aromatic heterocycles. The molecule has 31 heavy (non-hydrogen) atoms. The normalized spacial score (nSPS) is 14.5. The molecule has 7 heteroatoms. The molecular formula is C24H25N3O4. The van der Waals surface area contributed by atoms with Crippen LogP contribution >= 0.6 is 0 Å². The number of carbonyl (C=O) groups is 2. The van der Waals surface area contributed by atoms with Crippen molar-refractivity contribution in [3.63, 3.8) is 0 Å². The summed E-state index contributed by atoms with van der Waals surface area (Å²) in [7, 11) is 0. The number of benzene rings is 2. The molecule has 1 N–H and O–H groups in total. The summed E-state index contributed by atoms with van der Waals surface area (Å²) < 4.78 is 10.5. The molecule has 0 radical (unpaired) electrons. The van der Waals surface area contributed by atoms with E-state index in [1.54, 1.807) is 6.07 Å². The average molecular weight is 419 g/mol. The first-order valence-corrected chi connectivity index (χ1v) is 10.5. The van der Waals surface area contributed by atoms with Crippen LogP contribution in [-0.2, 0) is 14.3 Å². The maximum absolute atomic E-state index is 12.1. The van der Waals surface area contributed by atoms with Gasteiger partial charge in [0.15, 0.2) is 12.2 Å². The Kier molecular flexibility index (Phi) is 6.62. The largest absolute Gasteiger partial charge is 0.452 e. The molecule has 0 unspecified atom stereocenters. The number of anilines is 2. The Balaban J connectivity index is 1.24. The third kappa shape index (κ3) is 5.72. The lowest BCUT2D eigenvalue weighted by molar-refractivity contribution is -0.142. The summed E-state index contributed by atoms with van der Waals surface area (Å²) in [4.78, 5) is 30.6. The number of oxazole rings is 1. The van der Waals surface area contributed by atoms with Crippen LogP contribution in [-0.4, -0.2) is 36.6 Å². The Bertz CT molecular complexity index is 1030. The van der Waals surface area contributed by atoms with E-state index in [1.165, 1.54) is 37.8 Å². The van der Waals surface area contributed by atoms with E-state index in [2.05, 4.69) is 15.2 Å². The number of rotatable bonds is 6. The van der Waals surface area contributed by atoms with Gasteiger partial charge < -0.3 is 19.4 Å². The Labute approximate surface area is 180 Å². The summed E-state index contributed by atoms with van der Waals surface area (Å²) >= 11 is 0. The number of ether oxygens (including phenoxy) is 1. The van der Waals surface area contributed by atoms with Gasteiger partial charge in [-0.2, -0.15) is 0 Å². The van der Waals surface area contributed by atoms with Crippen molar-refractivity contribution in [3.05, 3.63) is 60.5 Å². The van der Waals surface area contributed by atoms with Crippen LogP contribution in [0, 0.1) is 0 Å². The second-order valence-corrected chi connectivity index (χ2v) is 7.46. The van der Waals surface area contributed by atoms with Crippen molar-refractivity contribution in [2.75, 3.05) is 29.9 Å². The van der Waals surface area contributed by atoms with Gasteiger partial charge in [-0.15, -0.1) is 0 Å². The summed E-state index contributed by atoms with van der Waals surface area (Å²) in [6.07, 6.45) is 7.60. The minimum atomic E-state index is -0.645. The molecule has 0 saturated carbocycles. The van der Waals surface area contributed by atoms with Gasteiger partial charge in [-0.25, -0.2) is 9.78 Å². The van der Waals surface area contributed by atoms with Gasteiger partial charge >= 0.3 is 5.97 Å². The first-order chi connectivity index (χ1) is 15.2. The third-order valence-electron chi connectivity index (χ3n) is 5.14. The van der Waals surface area contributed by atoms with Crippen molar-refractivity contribution >= 4 is 40.4 Å². The van der Waals surface area contributed by atoms with E-state index in [4.69, 9.17) is 9.15 Å². The third-order valence-corrected chi connectivity index (χ3v) is 5.14. The van der Waals surface area contributed by atoms with Crippen LogP contribution in [0.2, 0.25) is 0 Å². The van der Waals surface area contributed by atoms with Crippen LogP contribution in [0.15, 0.2) is 59.0 Å². The van der Waals surface area contributed by atoms with Crippen LogP contribution < -0.4 is 10.2 Å². The SMILES string of the molecule is O=C(COC(=O)/C=C/c1nc2ccccc2o1)Nc1ccc(N2CCCCCC2)cc1. The summed E-state index contributed by atoms with van der Waals surface area (Å²) in [6.45, 7) is 1.77. The van der Waals surface area contributed by atoms with E-state index < -0.39 is 11.9 Å². The predicted octanol–water partition coefficient (Wildman–Crippen LogP) is 4.40. The number of nitrogens with one attached hydrogen (secondary N) is 1. The topological polar surface area (TPSA) is 84.7 Å². The lowest BCUT2D eigenvalue weighted by atomic mass is 10.2. The minimum Gasteiger partial charge on any atom is -0.452 e. The molecule has 160 valence electrons. The average Bonchev–Trinajstić information content (AvgIpc) is 3.01. The number of hydrogen-bond acceptors (Lipinski definition) is 6. The Hall–Kier alpha value is -3.61. The highest BCUT2D eigenvalue weighted by Crippen LogP contribution is 2.21. The number of aromatic nitrogens is 1. The second kappa shape index (κ2) is 9.93. The van der Waals surface area contributed by atoms with Gasteiger partial charge in [-0.3, -0.25) is 4.79 Å². The van der Waals surface area contributed by atoms with Crippen LogP contribution in [0.25, 0.3) is 17.2 Å². The number of amides is 1. The van der Waals surface area contributed by atoms with Crippen LogP contribution in [0.5, 0.6) is 0 Å². The van der Waals surface area contributed by atoms with Gasteiger partial charge in [0.1, 0.15) is 5.52 Å². The lowest BCUT2D eigenvalue weighted by Gasteiger charge is -2.22. The fraction of sp³-hybridized carbons (Fsp3) is 0.292. The lowest BCUT2D eigenvalue weighted by Crippen LogP contribution is -2.24. The molecule has 1 saturated heterocycles. The standard InChI is InChI=1S/C24H25N3O4/c28-22(25-18-9-11-19(12-10-18)27-15-5-1-2-6-16-27)17-30-24(29)14-13-23-26-20-7-3-4-8-21(20)31-23/h3-4,7-14H,1-2,5-6,15-17H2,(H,25,28)/b14-13+. The number of nitrogens with zero attached hydrogens (tertiary/aromatic N) is 2. The monoisotopic (exact) mass is 419 g/mol. The molecule has 2 heterocycles. The van der Waals surface area contributed by atoms with Crippen LogP contribution in [0.4, 0.5) is 11.4 Å². The summed E-state index contributed by atoms with van der Waals surface area (Å²) in [6, 6.07) is 15.1. The van der Waals surface area contributed by atoms with E-state index in [0.717, 1.165) is 18.8 Å². The molecule has 1 fully saturated rings. The van der Waals surface area contributed by atoms with Gasteiger partial charge in [0.25, 0.3) is 5.91 Å². The summed E-state index contributed by atoms with van der Waals surface area (Å²) in [5, 5.41) is 2.74. The molecule has 0 atom stereocenters. The maximum atomic E-state index is 12.1. The molecule has 3 aromatic rings. The minimum absolute atomic E-state index is 0.298. The Morgan fingerprint density at radius 1 is 1.03 bits per heavy atom. The van der Waals surface area contributed by atoms with E-state index in [9.17, 15) is 9.59 Å². The zero-order valence-electron chi connectivity index (χ0n) is 17.3.